The zero-order valence-electron chi connectivity index (χ0n) is 18.3. The second-order valence-corrected chi connectivity index (χ2v) is 7.80. The van der Waals surface area contributed by atoms with E-state index in [0.29, 0.717) is 26.4 Å². The van der Waals surface area contributed by atoms with Crippen LogP contribution in [0.2, 0.25) is 0 Å². The SMILES string of the molecule is CO[C@H]1O[C@H](COCc2ccccc2)[C@H](OCc2ccccc2)C1OCc1ccccc1. The molecule has 0 amide bonds. The van der Waals surface area contributed by atoms with E-state index in [0.717, 1.165) is 16.7 Å². The van der Waals surface area contributed by atoms with Crippen LogP contribution in [0, 0.1) is 0 Å². The van der Waals surface area contributed by atoms with E-state index in [2.05, 4.69) is 0 Å². The molecule has 0 saturated carbocycles. The highest BCUT2D eigenvalue weighted by atomic mass is 16.7. The fraction of sp³-hybridized carbons (Fsp3) is 0.333. The Hall–Kier alpha value is -2.54. The summed E-state index contributed by atoms with van der Waals surface area (Å²) >= 11 is 0. The number of rotatable bonds is 11. The van der Waals surface area contributed by atoms with Gasteiger partial charge < -0.3 is 23.7 Å². The minimum atomic E-state index is -0.523. The molecule has 0 N–H and O–H groups in total. The van der Waals surface area contributed by atoms with Crippen LogP contribution in [0.15, 0.2) is 91.0 Å². The smallest absolute Gasteiger partial charge is 0.186 e. The van der Waals surface area contributed by atoms with Crippen LogP contribution in [0.25, 0.3) is 0 Å². The Morgan fingerprint density at radius 1 is 0.625 bits per heavy atom. The predicted molar refractivity (Wildman–Crippen MR) is 122 cm³/mol. The van der Waals surface area contributed by atoms with Crippen LogP contribution < -0.4 is 0 Å². The van der Waals surface area contributed by atoms with Gasteiger partial charge in [-0.1, -0.05) is 91.0 Å². The lowest BCUT2D eigenvalue weighted by molar-refractivity contribution is -0.170. The predicted octanol–water partition coefficient (Wildman–Crippen LogP) is 4.75. The van der Waals surface area contributed by atoms with Crippen LogP contribution in [0.4, 0.5) is 0 Å². The molecule has 3 aromatic rings. The number of hydrogen-bond acceptors (Lipinski definition) is 5. The molecule has 1 saturated heterocycles. The first-order valence-electron chi connectivity index (χ1n) is 10.9. The summed E-state index contributed by atoms with van der Waals surface area (Å²) in [6, 6.07) is 30.3. The first kappa shape index (κ1) is 22.6. The van der Waals surface area contributed by atoms with Crippen molar-refractivity contribution in [3.8, 4) is 0 Å². The molecule has 0 bridgehead atoms. The fourth-order valence-electron chi connectivity index (χ4n) is 3.79. The molecule has 5 nitrogen and oxygen atoms in total. The van der Waals surface area contributed by atoms with Crippen LogP contribution in [-0.4, -0.2) is 38.3 Å². The van der Waals surface area contributed by atoms with E-state index in [1.165, 1.54) is 0 Å². The largest absolute Gasteiger partial charge is 0.374 e. The third kappa shape index (κ3) is 6.25. The van der Waals surface area contributed by atoms with Gasteiger partial charge in [-0.3, -0.25) is 0 Å². The quantitative estimate of drug-likeness (QED) is 0.436. The summed E-state index contributed by atoms with van der Waals surface area (Å²) in [7, 11) is 1.63. The summed E-state index contributed by atoms with van der Waals surface area (Å²) in [5, 5.41) is 0. The van der Waals surface area contributed by atoms with Crippen LogP contribution in [0.3, 0.4) is 0 Å². The Bertz CT molecular complexity index is 903. The van der Waals surface area contributed by atoms with Crippen molar-refractivity contribution in [1.29, 1.82) is 0 Å². The third-order valence-corrected chi connectivity index (χ3v) is 5.46. The summed E-state index contributed by atoms with van der Waals surface area (Å²) in [6.07, 6.45) is -1.51. The second-order valence-electron chi connectivity index (χ2n) is 7.80. The summed E-state index contributed by atoms with van der Waals surface area (Å²) < 4.78 is 30.3. The van der Waals surface area contributed by atoms with Gasteiger partial charge in [-0.2, -0.15) is 0 Å². The Kier molecular flexibility index (Phi) is 8.42. The van der Waals surface area contributed by atoms with E-state index in [1.807, 2.05) is 91.0 Å². The third-order valence-electron chi connectivity index (χ3n) is 5.46. The highest BCUT2D eigenvalue weighted by Crippen LogP contribution is 2.29. The molecular weight excluding hydrogens is 404 g/mol. The van der Waals surface area contributed by atoms with Crippen LogP contribution >= 0.6 is 0 Å². The van der Waals surface area contributed by atoms with E-state index in [4.69, 9.17) is 23.7 Å². The topological polar surface area (TPSA) is 46.2 Å². The first-order valence-corrected chi connectivity index (χ1v) is 10.9. The van der Waals surface area contributed by atoms with Gasteiger partial charge in [0.1, 0.15) is 18.3 Å². The zero-order valence-corrected chi connectivity index (χ0v) is 18.3. The zero-order chi connectivity index (χ0) is 22.0. The van der Waals surface area contributed by atoms with Crippen molar-refractivity contribution < 1.29 is 23.7 Å². The average Bonchev–Trinajstić information content (AvgIpc) is 3.19. The molecule has 1 aliphatic heterocycles. The van der Waals surface area contributed by atoms with Crippen LogP contribution in [-0.2, 0) is 43.5 Å². The van der Waals surface area contributed by atoms with Crippen molar-refractivity contribution in [2.24, 2.45) is 0 Å². The van der Waals surface area contributed by atoms with Crippen molar-refractivity contribution in [2.45, 2.75) is 44.4 Å². The molecule has 1 fully saturated rings. The minimum Gasteiger partial charge on any atom is -0.374 e. The van der Waals surface area contributed by atoms with Crippen molar-refractivity contribution >= 4 is 0 Å². The van der Waals surface area contributed by atoms with Crippen molar-refractivity contribution in [1.82, 2.24) is 0 Å². The number of ether oxygens (including phenoxy) is 5. The lowest BCUT2D eigenvalue weighted by atomic mass is 10.1. The number of benzene rings is 3. The van der Waals surface area contributed by atoms with Gasteiger partial charge >= 0.3 is 0 Å². The van der Waals surface area contributed by atoms with E-state index in [1.54, 1.807) is 7.11 Å². The molecule has 1 heterocycles. The minimum absolute atomic E-state index is 0.298. The first-order chi connectivity index (χ1) is 15.8. The molecule has 0 radical (unpaired) electrons. The molecule has 0 aliphatic carbocycles. The normalized spacial score (nSPS) is 22.8. The monoisotopic (exact) mass is 434 g/mol. The maximum absolute atomic E-state index is 6.33. The molecule has 0 aromatic heterocycles. The lowest BCUT2D eigenvalue weighted by Crippen LogP contribution is -2.39. The maximum Gasteiger partial charge on any atom is 0.186 e. The standard InChI is InChI=1S/C27H30O5/c1-28-27-26(31-19-23-15-9-4-10-16-23)25(30-18-22-13-7-3-8-14-22)24(32-27)20-29-17-21-11-5-2-6-12-21/h2-16,24-27H,17-20H2,1H3/t24-,25+,26?,27+/m1/s1. The summed E-state index contributed by atoms with van der Waals surface area (Å²) in [5.41, 5.74) is 3.31. The Morgan fingerprint density at radius 2 is 1.09 bits per heavy atom. The second kappa shape index (κ2) is 11.9. The summed E-state index contributed by atoms with van der Waals surface area (Å²) in [6.45, 7) is 1.82. The molecule has 0 spiro atoms. The Morgan fingerprint density at radius 3 is 1.59 bits per heavy atom. The molecule has 1 unspecified atom stereocenters. The lowest BCUT2D eigenvalue weighted by Gasteiger charge is -2.24. The molecule has 168 valence electrons. The van der Waals surface area contributed by atoms with Gasteiger partial charge in [0.25, 0.3) is 0 Å². The Labute approximate surface area is 189 Å². The molecule has 4 atom stereocenters. The number of hydrogen-bond donors (Lipinski definition) is 0. The van der Waals surface area contributed by atoms with Crippen molar-refractivity contribution in [3.63, 3.8) is 0 Å². The van der Waals surface area contributed by atoms with E-state index >= 15 is 0 Å². The van der Waals surface area contributed by atoms with Gasteiger partial charge in [-0.15, -0.1) is 0 Å². The maximum atomic E-state index is 6.33. The molecule has 32 heavy (non-hydrogen) atoms. The van der Waals surface area contributed by atoms with Gasteiger partial charge in [0, 0.05) is 7.11 Å². The highest BCUT2D eigenvalue weighted by Gasteiger charge is 2.46. The van der Waals surface area contributed by atoms with E-state index in [-0.39, 0.29) is 18.3 Å². The summed E-state index contributed by atoms with van der Waals surface area (Å²) in [5.74, 6) is 0. The van der Waals surface area contributed by atoms with E-state index in [9.17, 15) is 0 Å². The molecule has 4 rings (SSSR count). The highest BCUT2D eigenvalue weighted by molar-refractivity contribution is 5.15. The average molecular weight is 435 g/mol. The van der Waals surface area contributed by atoms with Crippen LogP contribution in [0.1, 0.15) is 16.7 Å². The molecule has 3 aromatic carbocycles. The molecular formula is C27H30O5. The van der Waals surface area contributed by atoms with Gasteiger partial charge in [0.15, 0.2) is 6.29 Å². The van der Waals surface area contributed by atoms with Crippen molar-refractivity contribution in [2.75, 3.05) is 13.7 Å². The van der Waals surface area contributed by atoms with Gasteiger partial charge in [-0.25, -0.2) is 0 Å². The Balaban J connectivity index is 1.42. The van der Waals surface area contributed by atoms with Crippen LogP contribution in [0.5, 0.6) is 0 Å². The fourth-order valence-corrected chi connectivity index (χ4v) is 3.79. The van der Waals surface area contributed by atoms with Gasteiger partial charge in [0.05, 0.1) is 26.4 Å². The van der Waals surface area contributed by atoms with Crippen molar-refractivity contribution in [3.05, 3.63) is 108 Å². The molecule has 1 aliphatic rings. The van der Waals surface area contributed by atoms with Gasteiger partial charge in [0.2, 0.25) is 0 Å². The summed E-state index contributed by atoms with van der Waals surface area (Å²) in [4.78, 5) is 0. The van der Waals surface area contributed by atoms with E-state index < -0.39 is 6.29 Å². The molecule has 5 heteroatoms. The number of methoxy groups -OCH3 is 1. The van der Waals surface area contributed by atoms with Gasteiger partial charge in [-0.05, 0) is 16.7 Å².